The molecule has 0 heterocycles. The van der Waals surface area contributed by atoms with Gasteiger partial charge in [0.1, 0.15) is 5.54 Å². The Kier molecular flexibility index (Phi) is 4.33. The number of aliphatic carboxylic acids is 1. The molecular weight excluding hydrogens is 278 g/mol. The molecule has 1 aliphatic rings. The van der Waals surface area contributed by atoms with E-state index in [-0.39, 0.29) is 5.92 Å². The van der Waals surface area contributed by atoms with Crippen molar-refractivity contribution in [3.8, 4) is 0 Å². The summed E-state index contributed by atoms with van der Waals surface area (Å²) in [6.45, 7) is 1.88. The SMILES string of the molecule is CC1CCCCC1(NC(=O)c1ccccc1Cl)C(=O)O. The zero-order valence-electron chi connectivity index (χ0n) is 11.4. The van der Waals surface area contributed by atoms with Gasteiger partial charge in [0.15, 0.2) is 0 Å². The Balaban J connectivity index is 2.27. The first-order chi connectivity index (χ1) is 9.47. The quantitative estimate of drug-likeness (QED) is 0.900. The maximum Gasteiger partial charge on any atom is 0.329 e. The van der Waals surface area contributed by atoms with Gasteiger partial charge in [0.05, 0.1) is 10.6 Å². The Labute approximate surface area is 123 Å². The lowest BCUT2D eigenvalue weighted by Crippen LogP contribution is -2.60. The van der Waals surface area contributed by atoms with E-state index in [1.807, 2.05) is 6.92 Å². The number of benzene rings is 1. The van der Waals surface area contributed by atoms with E-state index in [0.29, 0.717) is 17.0 Å². The number of carbonyl (C=O) groups excluding carboxylic acids is 1. The molecule has 2 rings (SSSR count). The van der Waals surface area contributed by atoms with Crippen LogP contribution in [0.4, 0.5) is 0 Å². The van der Waals surface area contributed by atoms with Gasteiger partial charge in [0, 0.05) is 0 Å². The molecule has 0 aliphatic heterocycles. The number of carbonyl (C=O) groups is 2. The van der Waals surface area contributed by atoms with Crippen LogP contribution in [0.25, 0.3) is 0 Å². The molecule has 1 saturated carbocycles. The lowest BCUT2D eigenvalue weighted by atomic mass is 9.73. The fraction of sp³-hybridized carbons (Fsp3) is 0.467. The minimum atomic E-state index is -1.19. The molecule has 4 nitrogen and oxygen atoms in total. The smallest absolute Gasteiger partial charge is 0.329 e. The van der Waals surface area contributed by atoms with Gasteiger partial charge in [0.2, 0.25) is 0 Å². The van der Waals surface area contributed by atoms with Crippen LogP contribution < -0.4 is 5.32 Å². The Bertz CT molecular complexity index is 532. The van der Waals surface area contributed by atoms with Crippen LogP contribution >= 0.6 is 11.6 Å². The van der Waals surface area contributed by atoms with Crippen LogP contribution in [-0.4, -0.2) is 22.5 Å². The molecule has 0 bridgehead atoms. The van der Waals surface area contributed by atoms with Gasteiger partial charge in [0.25, 0.3) is 5.91 Å². The van der Waals surface area contributed by atoms with Gasteiger partial charge in [-0.25, -0.2) is 4.79 Å². The average Bonchev–Trinajstić information content (AvgIpc) is 2.41. The maximum atomic E-state index is 12.3. The molecule has 1 aliphatic carbocycles. The fourth-order valence-corrected chi connectivity index (χ4v) is 3.04. The van der Waals surface area contributed by atoms with Gasteiger partial charge in [-0.05, 0) is 30.9 Å². The predicted molar refractivity (Wildman–Crippen MR) is 76.9 cm³/mol. The molecule has 2 unspecified atom stereocenters. The summed E-state index contributed by atoms with van der Waals surface area (Å²) >= 11 is 5.99. The zero-order valence-corrected chi connectivity index (χ0v) is 12.1. The van der Waals surface area contributed by atoms with E-state index in [1.165, 1.54) is 0 Å². The van der Waals surface area contributed by atoms with E-state index in [0.717, 1.165) is 19.3 Å². The van der Waals surface area contributed by atoms with Crippen LogP contribution in [0.15, 0.2) is 24.3 Å². The number of halogens is 1. The van der Waals surface area contributed by atoms with Crippen molar-refractivity contribution in [2.75, 3.05) is 0 Å². The van der Waals surface area contributed by atoms with E-state index < -0.39 is 17.4 Å². The van der Waals surface area contributed by atoms with E-state index in [9.17, 15) is 14.7 Å². The second-order valence-corrected chi connectivity index (χ2v) is 5.76. The summed E-state index contributed by atoms with van der Waals surface area (Å²) in [4.78, 5) is 24.0. The summed E-state index contributed by atoms with van der Waals surface area (Å²) in [5.41, 5.74) is -0.873. The van der Waals surface area contributed by atoms with Crippen LogP contribution in [0.5, 0.6) is 0 Å². The van der Waals surface area contributed by atoms with Crippen molar-refractivity contribution in [1.82, 2.24) is 5.32 Å². The summed E-state index contributed by atoms with van der Waals surface area (Å²) in [6, 6.07) is 6.66. The molecule has 108 valence electrons. The van der Waals surface area contributed by atoms with Gasteiger partial charge in [-0.1, -0.05) is 43.5 Å². The Morgan fingerprint density at radius 2 is 2.05 bits per heavy atom. The van der Waals surface area contributed by atoms with E-state index in [4.69, 9.17) is 11.6 Å². The van der Waals surface area contributed by atoms with Gasteiger partial charge in [-0.3, -0.25) is 4.79 Å². The van der Waals surface area contributed by atoms with E-state index in [2.05, 4.69) is 5.32 Å². The third-order valence-electron chi connectivity index (χ3n) is 4.14. The zero-order chi connectivity index (χ0) is 14.8. The average molecular weight is 296 g/mol. The number of nitrogens with one attached hydrogen (secondary N) is 1. The second-order valence-electron chi connectivity index (χ2n) is 5.36. The molecule has 1 amide bonds. The van der Waals surface area contributed by atoms with Gasteiger partial charge < -0.3 is 10.4 Å². The monoisotopic (exact) mass is 295 g/mol. The van der Waals surface area contributed by atoms with Gasteiger partial charge >= 0.3 is 5.97 Å². The molecule has 2 N–H and O–H groups in total. The molecule has 1 aromatic carbocycles. The van der Waals surface area contributed by atoms with Crippen LogP contribution in [0.2, 0.25) is 5.02 Å². The largest absolute Gasteiger partial charge is 0.479 e. The van der Waals surface area contributed by atoms with Crippen LogP contribution in [0.1, 0.15) is 43.0 Å². The van der Waals surface area contributed by atoms with Crippen molar-refractivity contribution in [2.24, 2.45) is 5.92 Å². The number of hydrogen-bond donors (Lipinski definition) is 2. The highest BCUT2D eigenvalue weighted by Gasteiger charge is 2.46. The minimum Gasteiger partial charge on any atom is -0.479 e. The topological polar surface area (TPSA) is 66.4 Å². The molecule has 0 radical (unpaired) electrons. The predicted octanol–water partition coefficient (Wildman–Crippen LogP) is 3.10. The summed E-state index contributed by atoms with van der Waals surface area (Å²) in [6.07, 6.45) is 3.06. The minimum absolute atomic E-state index is 0.0970. The van der Waals surface area contributed by atoms with Gasteiger partial charge in [-0.15, -0.1) is 0 Å². The summed E-state index contributed by atoms with van der Waals surface area (Å²) in [5, 5.41) is 12.6. The Morgan fingerprint density at radius 1 is 1.35 bits per heavy atom. The first kappa shape index (κ1) is 14.9. The lowest BCUT2D eigenvalue weighted by molar-refractivity contribution is -0.148. The summed E-state index contributed by atoms with van der Waals surface area (Å²) in [5.74, 6) is -1.49. The van der Waals surface area contributed by atoms with Crippen molar-refractivity contribution < 1.29 is 14.7 Å². The lowest BCUT2D eigenvalue weighted by Gasteiger charge is -2.39. The molecule has 2 atom stereocenters. The third kappa shape index (κ3) is 2.66. The first-order valence-corrected chi connectivity index (χ1v) is 7.15. The van der Waals surface area contributed by atoms with Crippen molar-refractivity contribution in [2.45, 2.75) is 38.1 Å². The van der Waals surface area contributed by atoms with Crippen LogP contribution in [-0.2, 0) is 4.79 Å². The summed E-state index contributed by atoms with van der Waals surface area (Å²) in [7, 11) is 0. The highest BCUT2D eigenvalue weighted by Crippen LogP contribution is 2.34. The van der Waals surface area contributed by atoms with Crippen molar-refractivity contribution in [3.05, 3.63) is 34.9 Å². The molecule has 20 heavy (non-hydrogen) atoms. The number of carboxylic acids is 1. The number of rotatable bonds is 3. The van der Waals surface area contributed by atoms with Crippen molar-refractivity contribution in [3.63, 3.8) is 0 Å². The fourth-order valence-electron chi connectivity index (χ4n) is 2.82. The standard InChI is InChI=1S/C15H18ClNO3/c1-10-6-4-5-9-15(10,14(19)20)17-13(18)11-7-2-3-8-12(11)16/h2-3,7-8,10H,4-6,9H2,1H3,(H,17,18)(H,19,20). The van der Waals surface area contributed by atoms with Crippen molar-refractivity contribution in [1.29, 1.82) is 0 Å². The van der Waals surface area contributed by atoms with Gasteiger partial charge in [-0.2, -0.15) is 0 Å². The normalized spacial score (nSPS) is 26.0. The molecular formula is C15H18ClNO3. The first-order valence-electron chi connectivity index (χ1n) is 6.78. The summed E-state index contributed by atoms with van der Waals surface area (Å²) < 4.78 is 0. The number of hydrogen-bond acceptors (Lipinski definition) is 2. The molecule has 0 saturated heterocycles. The highest BCUT2D eigenvalue weighted by atomic mass is 35.5. The number of carboxylic acid groups (broad SMARTS) is 1. The highest BCUT2D eigenvalue weighted by molar-refractivity contribution is 6.33. The van der Waals surface area contributed by atoms with Crippen LogP contribution in [0, 0.1) is 5.92 Å². The van der Waals surface area contributed by atoms with E-state index in [1.54, 1.807) is 24.3 Å². The Hall–Kier alpha value is -1.55. The third-order valence-corrected chi connectivity index (χ3v) is 4.47. The van der Waals surface area contributed by atoms with Crippen LogP contribution in [0.3, 0.4) is 0 Å². The second kappa shape index (κ2) is 5.83. The molecule has 0 aromatic heterocycles. The Morgan fingerprint density at radius 3 is 2.65 bits per heavy atom. The number of amides is 1. The van der Waals surface area contributed by atoms with Crippen molar-refractivity contribution >= 4 is 23.5 Å². The maximum absolute atomic E-state index is 12.3. The molecule has 0 spiro atoms. The van der Waals surface area contributed by atoms with E-state index >= 15 is 0 Å². The molecule has 1 aromatic rings. The molecule has 1 fully saturated rings. The molecule has 5 heteroatoms.